The quantitative estimate of drug-likeness (QED) is 0.761. The van der Waals surface area contributed by atoms with Crippen LogP contribution in [0.1, 0.15) is 20.8 Å². The number of hydrogen-bond acceptors (Lipinski definition) is 4. The average molecular weight is 258 g/mol. The lowest BCUT2D eigenvalue weighted by molar-refractivity contribution is 0.204. The molecule has 0 fully saturated rings. The number of hydrogen-bond donors (Lipinski definition) is 1. The highest BCUT2D eigenvalue weighted by molar-refractivity contribution is 7.71. The van der Waals surface area contributed by atoms with Crippen molar-refractivity contribution in [3.8, 4) is 0 Å². The van der Waals surface area contributed by atoms with E-state index in [0.29, 0.717) is 17.3 Å². The first-order chi connectivity index (χ1) is 8.10. The number of aromatic amines is 1. The van der Waals surface area contributed by atoms with Crippen LogP contribution in [0.5, 0.6) is 0 Å². The van der Waals surface area contributed by atoms with Gasteiger partial charge in [0.05, 0.1) is 6.61 Å². The van der Waals surface area contributed by atoms with Gasteiger partial charge in [-0.2, -0.15) is 0 Å². The SMILES string of the molecule is CCn1c(N(CCOC)CC(C)C)n[nH]c1=S. The second-order valence-electron chi connectivity index (χ2n) is 4.41. The van der Waals surface area contributed by atoms with E-state index in [1.165, 1.54) is 0 Å². The van der Waals surface area contributed by atoms with Gasteiger partial charge in [-0.1, -0.05) is 13.8 Å². The fraction of sp³-hybridized carbons (Fsp3) is 0.818. The molecule has 6 heteroatoms. The molecular formula is C11H22N4OS. The van der Waals surface area contributed by atoms with Crippen LogP contribution in [-0.2, 0) is 11.3 Å². The highest BCUT2D eigenvalue weighted by atomic mass is 32.1. The van der Waals surface area contributed by atoms with E-state index in [0.717, 1.165) is 25.6 Å². The highest BCUT2D eigenvalue weighted by Crippen LogP contribution is 2.13. The zero-order chi connectivity index (χ0) is 12.8. The normalized spacial score (nSPS) is 11.1. The van der Waals surface area contributed by atoms with Gasteiger partial charge in [0.1, 0.15) is 0 Å². The molecule has 1 N–H and O–H groups in total. The van der Waals surface area contributed by atoms with Crippen LogP contribution in [0.2, 0.25) is 0 Å². The molecule has 5 nitrogen and oxygen atoms in total. The molecule has 0 saturated carbocycles. The first kappa shape index (κ1) is 14.2. The van der Waals surface area contributed by atoms with Gasteiger partial charge in [-0.15, -0.1) is 5.10 Å². The van der Waals surface area contributed by atoms with Gasteiger partial charge in [-0.3, -0.25) is 4.57 Å². The van der Waals surface area contributed by atoms with Crippen molar-refractivity contribution in [2.75, 3.05) is 31.7 Å². The van der Waals surface area contributed by atoms with E-state index in [1.807, 2.05) is 4.57 Å². The molecule has 0 spiro atoms. The molecule has 1 heterocycles. The van der Waals surface area contributed by atoms with E-state index in [-0.39, 0.29) is 0 Å². The Morgan fingerprint density at radius 2 is 2.24 bits per heavy atom. The number of H-pyrrole nitrogens is 1. The zero-order valence-electron chi connectivity index (χ0n) is 11.1. The van der Waals surface area contributed by atoms with Gasteiger partial charge in [-0.05, 0) is 25.1 Å². The minimum absolute atomic E-state index is 0.572. The zero-order valence-corrected chi connectivity index (χ0v) is 11.9. The van der Waals surface area contributed by atoms with Crippen molar-refractivity contribution in [1.29, 1.82) is 0 Å². The molecule has 0 aliphatic heterocycles. The second kappa shape index (κ2) is 6.76. The van der Waals surface area contributed by atoms with Crippen molar-refractivity contribution in [3.63, 3.8) is 0 Å². The van der Waals surface area contributed by atoms with Crippen LogP contribution < -0.4 is 4.90 Å². The lowest BCUT2D eigenvalue weighted by Gasteiger charge is -2.25. The third-order valence-electron chi connectivity index (χ3n) is 2.49. The third kappa shape index (κ3) is 3.81. The van der Waals surface area contributed by atoms with Crippen molar-refractivity contribution in [1.82, 2.24) is 14.8 Å². The largest absolute Gasteiger partial charge is 0.383 e. The molecule has 1 aromatic heterocycles. The maximum atomic E-state index is 5.20. The molecule has 0 saturated heterocycles. The number of methoxy groups -OCH3 is 1. The molecule has 0 unspecified atom stereocenters. The Morgan fingerprint density at radius 3 is 2.76 bits per heavy atom. The van der Waals surface area contributed by atoms with E-state index in [1.54, 1.807) is 7.11 Å². The smallest absolute Gasteiger partial charge is 0.225 e. The number of ether oxygens (including phenoxy) is 1. The first-order valence-electron chi connectivity index (χ1n) is 5.99. The van der Waals surface area contributed by atoms with Crippen molar-refractivity contribution in [3.05, 3.63) is 4.77 Å². The Bertz CT molecular complexity index is 385. The molecule has 98 valence electrons. The number of nitrogens with zero attached hydrogens (tertiary/aromatic N) is 3. The molecule has 17 heavy (non-hydrogen) atoms. The Balaban J connectivity index is 2.90. The summed E-state index contributed by atoms with van der Waals surface area (Å²) in [6.45, 7) is 9.74. The molecule has 0 aliphatic rings. The molecule has 1 rings (SSSR count). The summed E-state index contributed by atoms with van der Waals surface area (Å²) < 4.78 is 7.82. The van der Waals surface area contributed by atoms with Crippen LogP contribution in [0.15, 0.2) is 0 Å². The average Bonchev–Trinajstić information content (AvgIpc) is 2.65. The van der Waals surface area contributed by atoms with E-state index in [2.05, 4.69) is 35.9 Å². The molecule has 1 aromatic rings. The Hall–Kier alpha value is -0.880. The molecular weight excluding hydrogens is 236 g/mol. The Morgan fingerprint density at radius 1 is 1.53 bits per heavy atom. The predicted octanol–water partition coefficient (Wildman–Crippen LogP) is 2.07. The van der Waals surface area contributed by atoms with Gasteiger partial charge in [0.15, 0.2) is 4.77 Å². The van der Waals surface area contributed by atoms with Crippen molar-refractivity contribution < 1.29 is 4.74 Å². The van der Waals surface area contributed by atoms with Crippen LogP contribution in [0.25, 0.3) is 0 Å². The van der Waals surface area contributed by atoms with Crippen molar-refractivity contribution >= 4 is 18.2 Å². The van der Waals surface area contributed by atoms with Crippen LogP contribution in [0.4, 0.5) is 5.95 Å². The fourth-order valence-electron chi connectivity index (χ4n) is 1.75. The maximum absolute atomic E-state index is 5.20. The second-order valence-corrected chi connectivity index (χ2v) is 4.79. The van der Waals surface area contributed by atoms with E-state index in [4.69, 9.17) is 17.0 Å². The van der Waals surface area contributed by atoms with Crippen LogP contribution in [-0.4, -0.2) is 41.6 Å². The van der Waals surface area contributed by atoms with E-state index >= 15 is 0 Å². The van der Waals surface area contributed by atoms with E-state index in [9.17, 15) is 0 Å². The van der Waals surface area contributed by atoms with Crippen molar-refractivity contribution in [2.45, 2.75) is 27.3 Å². The maximum Gasteiger partial charge on any atom is 0.225 e. The summed E-state index contributed by atoms with van der Waals surface area (Å²) in [5.74, 6) is 1.48. The van der Waals surface area contributed by atoms with Crippen molar-refractivity contribution in [2.24, 2.45) is 5.92 Å². The number of aromatic nitrogens is 3. The van der Waals surface area contributed by atoms with Gasteiger partial charge in [0.25, 0.3) is 0 Å². The van der Waals surface area contributed by atoms with E-state index < -0.39 is 0 Å². The first-order valence-corrected chi connectivity index (χ1v) is 6.40. The van der Waals surface area contributed by atoms with Crippen LogP contribution >= 0.6 is 12.2 Å². The van der Waals surface area contributed by atoms with Crippen LogP contribution in [0.3, 0.4) is 0 Å². The van der Waals surface area contributed by atoms with Gasteiger partial charge in [-0.25, -0.2) is 5.10 Å². The van der Waals surface area contributed by atoms with Gasteiger partial charge in [0, 0.05) is 26.7 Å². The van der Waals surface area contributed by atoms with Gasteiger partial charge >= 0.3 is 0 Å². The lowest BCUT2D eigenvalue weighted by atomic mass is 10.2. The summed E-state index contributed by atoms with van der Waals surface area (Å²) in [7, 11) is 1.71. The molecule has 0 radical (unpaired) electrons. The molecule has 0 amide bonds. The number of nitrogens with one attached hydrogen (secondary N) is 1. The Kier molecular flexibility index (Phi) is 5.64. The predicted molar refractivity (Wildman–Crippen MR) is 72.0 cm³/mol. The minimum atomic E-state index is 0.572. The number of anilines is 1. The Labute approximate surface area is 108 Å². The molecule has 0 aliphatic carbocycles. The summed E-state index contributed by atoms with van der Waals surface area (Å²) in [5, 5.41) is 7.16. The summed E-state index contributed by atoms with van der Waals surface area (Å²) in [6.07, 6.45) is 0. The van der Waals surface area contributed by atoms with Gasteiger partial charge < -0.3 is 9.64 Å². The molecule has 0 atom stereocenters. The summed E-state index contributed by atoms with van der Waals surface area (Å²) in [5.41, 5.74) is 0. The summed E-state index contributed by atoms with van der Waals surface area (Å²) >= 11 is 5.20. The molecule has 0 aromatic carbocycles. The van der Waals surface area contributed by atoms with Crippen LogP contribution in [0, 0.1) is 10.7 Å². The fourth-order valence-corrected chi connectivity index (χ4v) is 2.01. The molecule has 0 bridgehead atoms. The number of rotatable bonds is 7. The minimum Gasteiger partial charge on any atom is -0.383 e. The third-order valence-corrected chi connectivity index (χ3v) is 2.80. The standard InChI is InChI=1S/C11H22N4OS/c1-5-15-10(12-13-11(15)17)14(6-7-16-4)8-9(2)3/h9H,5-8H2,1-4H3,(H,13,17). The summed E-state index contributed by atoms with van der Waals surface area (Å²) in [4.78, 5) is 2.21. The topological polar surface area (TPSA) is 46.1 Å². The monoisotopic (exact) mass is 258 g/mol. The summed E-state index contributed by atoms with van der Waals surface area (Å²) in [6, 6.07) is 0. The van der Waals surface area contributed by atoms with Gasteiger partial charge in [0.2, 0.25) is 5.95 Å². The lowest BCUT2D eigenvalue weighted by Crippen LogP contribution is -2.33. The highest BCUT2D eigenvalue weighted by Gasteiger charge is 2.14.